The number of aromatic nitrogens is 1. The maximum absolute atomic E-state index is 12.6. The fraction of sp³-hybridized carbons (Fsp3) is 0.650. The topological polar surface area (TPSA) is 65.8 Å². The van der Waals surface area contributed by atoms with E-state index >= 15 is 0 Å². The Morgan fingerprint density at radius 1 is 1.32 bits per heavy atom. The van der Waals surface area contributed by atoms with E-state index in [1.54, 1.807) is 0 Å². The van der Waals surface area contributed by atoms with Crippen LogP contribution in [0.3, 0.4) is 0 Å². The molecule has 2 aliphatic carbocycles. The van der Waals surface area contributed by atoms with E-state index in [1.165, 1.54) is 36.6 Å². The number of aryl methyl sites for hydroxylation is 1. The number of nitrogens with one attached hydrogen (secondary N) is 1. The van der Waals surface area contributed by atoms with E-state index in [2.05, 4.69) is 18.3 Å². The molecule has 0 bridgehead atoms. The quantitative estimate of drug-likeness (QED) is 0.829. The molecule has 0 aliphatic heterocycles. The fourth-order valence-corrected chi connectivity index (χ4v) is 5.00. The van der Waals surface area contributed by atoms with Gasteiger partial charge in [-0.25, -0.2) is 4.98 Å². The molecule has 5 heteroatoms. The highest BCUT2D eigenvalue weighted by Crippen LogP contribution is 2.33. The van der Waals surface area contributed by atoms with Crippen molar-refractivity contribution in [1.82, 2.24) is 10.3 Å². The molecule has 25 heavy (non-hydrogen) atoms. The first-order valence-corrected chi connectivity index (χ1v) is 10.3. The lowest BCUT2D eigenvalue weighted by Crippen LogP contribution is -2.44. The Hall–Kier alpha value is -1.54. The highest BCUT2D eigenvalue weighted by molar-refractivity contribution is 8.00. The Morgan fingerprint density at radius 2 is 2.08 bits per heavy atom. The average molecular weight is 358 g/mol. The van der Waals surface area contributed by atoms with Gasteiger partial charge in [-0.2, -0.15) is 5.26 Å². The van der Waals surface area contributed by atoms with Crippen LogP contribution in [0.15, 0.2) is 5.03 Å². The van der Waals surface area contributed by atoms with Gasteiger partial charge in [-0.1, -0.05) is 31.5 Å². The van der Waals surface area contributed by atoms with Crippen LogP contribution in [0.1, 0.15) is 68.3 Å². The maximum atomic E-state index is 12.6. The second kappa shape index (κ2) is 7.78. The van der Waals surface area contributed by atoms with Gasteiger partial charge >= 0.3 is 0 Å². The molecular formula is C20H27N3OS. The predicted molar refractivity (Wildman–Crippen MR) is 101 cm³/mol. The number of rotatable bonds is 4. The van der Waals surface area contributed by atoms with Crippen LogP contribution in [0.25, 0.3) is 0 Å². The zero-order chi connectivity index (χ0) is 18.0. The SMILES string of the molecule is Cc1c(C#N)c(SC(C)C(=O)NC2CCCCC2C)nc2c1CCC2. The van der Waals surface area contributed by atoms with E-state index < -0.39 is 0 Å². The van der Waals surface area contributed by atoms with Crippen LogP contribution < -0.4 is 5.32 Å². The van der Waals surface area contributed by atoms with Crippen molar-refractivity contribution in [2.24, 2.45) is 5.92 Å². The highest BCUT2D eigenvalue weighted by atomic mass is 32.2. The molecule has 1 amide bonds. The summed E-state index contributed by atoms with van der Waals surface area (Å²) >= 11 is 1.43. The minimum absolute atomic E-state index is 0.0626. The number of carbonyl (C=O) groups is 1. The predicted octanol–water partition coefficient (Wildman–Crippen LogP) is 3.93. The van der Waals surface area contributed by atoms with E-state index in [4.69, 9.17) is 4.98 Å². The summed E-state index contributed by atoms with van der Waals surface area (Å²) in [5.74, 6) is 0.609. The van der Waals surface area contributed by atoms with Crippen LogP contribution in [0.5, 0.6) is 0 Å². The van der Waals surface area contributed by atoms with E-state index in [-0.39, 0.29) is 17.2 Å². The third-order valence-corrected chi connectivity index (χ3v) is 6.76. The lowest BCUT2D eigenvalue weighted by Gasteiger charge is -2.30. The molecule has 4 nitrogen and oxygen atoms in total. The van der Waals surface area contributed by atoms with Gasteiger partial charge in [0.05, 0.1) is 10.8 Å². The van der Waals surface area contributed by atoms with Gasteiger partial charge < -0.3 is 5.32 Å². The Bertz CT molecular complexity index is 710. The number of hydrogen-bond acceptors (Lipinski definition) is 4. The number of pyridine rings is 1. The van der Waals surface area contributed by atoms with Gasteiger partial charge in [-0.15, -0.1) is 0 Å². The molecule has 3 unspecified atom stereocenters. The van der Waals surface area contributed by atoms with Gasteiger partial charge in [-0.05, 0) is 63.0 Å². The molecule has 0 radical (unpaired) electrons. The maximum Gasteiger partial charge on any atom is 0.233 e. The molecule has 0 aromatic carbocycles. The first-order valence-electron chi connectivity index (χ1n) is 9.40. The van der Waals surface area contributed by atoms with E-state index in [9.17, 15) is 10.1 Å². The van der Waals surface area contributed by atoms with Crippen molar-refractivity contribution >= 4 is 17.7 Å². The molecule has 1 N–H and O–H groups in total. The summed E-state index contributed by atoms with van der Waals surface area (Å²) in [5, 5.41) is 13.3. The molecule has 3 atom stereocenters. The first-order chi connectivity index (χ1) is 12.0. The summed E-state index contributed by atoms with van der Waals surface area (Å²) in [6, 6.07) is 2.60. The zero-order valence-electron chi connectivity index (χ0n) is 15.4. The molecule has 2 aliphatic rings. The van der Waals surface area contributed by atoms with Crippen LogP contribution >= 0.6 is 11.8 Å². The molecule has 0 saturated heterocycles. The lowest BCUT2D eigenvalue weighted by molar-refractivity contribution is -0.121. The van der Waals surface area contributed by atoms with Gasteiger partial charge in [0.2, 0.25) is 5.91 Å². The smallest absolute Gasteiger partial charge is 0.233 e. The molecule has 3 rings (SSSR count). The van der Waals surface area contributed by atoms with Crippen LogP contribution in [-0.2, 0) is 17.6 Å². The zero-order valence-corrected chi connectivity index (χ0v) is 16.2. The normalized spacial score (nSPS) is 23.6. The van der Waals surface area contributed by atoms with Crippen molar-refractivity contribution in [3.63, 3.8) is 0 Å². The van der Waals surface area contributed by atoms with Gasteiger partial charge in [-0.3, -0.25) is 4.79 Å². The Labute approximate surface area is 154 Å². The summed E-state index contributed by atoms with van der Waals surface area (Å²) < 4.78 is 0. The number of nitriles is 1. The minimum atomic E-state index is -0.243. The van der Waals surface area contributed by atoms with Crippen molar-refractivity contribution in [3.05, 3.63) is 22.4 Å². The average Bonchev–Trinajstić information content (AvgIpc) is 3.06. The van der Waals surface area contributed by atoms with E-state index in [0.717, 1.165) is 42.0 Å². The second-order valence-electron chi connectivity index (χ2n) is 7.44. The number of fused-ring (bicyclic) bond motifs is 1. The van der Waals surface area contributed by atoms with Gasteiger partial charge in [0.15, 0.2) is 0 Å². The third-order valence-electron chi connectivity index (χ3n) is 5.68. The number of thioether (sulfide) groups is 1. The van der Waals surface area contributed by atoms with Crippen molar-refractivity contribution < 1.29 is 4.79 Å². The van der Waals surface area contributed by atoms with Crippen LogP contribution in [0.4, 0.5) is 0 Å². The Morgan fingerprint density at radius 3 is 2.80 bits per heavy atom. The molecule has 1 fully saturated rings. The molecule has 1 heterocycles. The monoisotopic (exact) mass is 357 g/mol. The number of amides is 1. The van der Waals surface area contributed by atoms with Crippen LogP contribution in [0.2, 0.25) is 0 Å². The van der Waals surface area contributed by atoms with E-state index in [1.807, 2.05) is 13.8 Å². The molecule has 134 valence electrons. The minimum Gasteiger partial charge on any atom is -0.352 e. The van der Waals surface area contributed by atoms with E-state index in [0.29, 0.717) is 11.5 Å². The standard InChI is InChI=1S/C20H27N3OS/c1-12-7-4-5-9-17(12)22-19(24)14(3)25-20-16(11-21)13(2)15-8-6-10-18(15)23-20/h12,14,17H,4-10H2,1-3H3,(H,22,24). The Balaban J connectivity index is 1.72. The molecular weight excluding hydrogens is 330 g/mol. The molecule has 1 saturated carbocycles. The van der Waals surface area contributed by atoms with Crippen LogP contribution in [-0.4, -0.2) is 22.2 Å². The largest absolute Gasteiger partial charge is 0.352 e. The number of nitrogens with zero attached hydrogens (tertiary/aromatic N) is 2. The van der Waals surface area contributed by atoms with Gasteiger partial charge in [0.25, 0.3) is 0 Å². The molecule has 1 aromatic rings. The summed E-state index contributed by atoms with van der Waals surface area (Å²) in [5.41, 5.74) is 4.07. The Kier molecular flexibility index (Phi) is 5.68. The summed E-state index contributed by atoms with van der Waals surface area (Å²) in [6.45, 7) is 6.16. The van der Waals surface area contributed by atoms with Crippen molar-refractivity contribution in [2.75, 3.05) is 0 Å². The highest BCUT2D eigenvalue weighted by Gasteiger charge is 2.27. The van der Waals surface area contributed by atoms with Crippen molar-refractivity contribution in [3.8, 4) is 6.07 Å². The van der Waals surface area contributed by atoms with Crippen molar-refractivity contribution in [1.29, 1.82) is 5.26 Å². The number of hydrogen-bond donors (Lipinski definition) is 1. The summed E-state index contributed by atoms with van der Waals surface area (Å²) in [7, 11) is 0. The van der Waals surface area contributed by atoms with Gasteiger partial charge in [0.1, 0.15) is 11.1 Å². The van der Waals surface area contributed by atoms with Crippen LogP contribution in [0, 0.1) is 24.2 Å². The second-order valence-corrected chi connectivity index (χ2v) is 8.77. The number of carbonyl (C=O) groups excluding carboxylic acids is 1. The third kappa shape index (κ3) is 3.84. The van der Waals surface area contributed by atoms with Gasteiger partial charge in [0, 0.05) is 11.7 Å². The molecule has 0 spiro atoms. The van der Waals surface area contributed by atoms with Crippen molar-refractivity contribution in [2.45, 2.75) is 82.0 Å². The summed E-state index contributed by atoms with van der Waals surface area (Å²) in [6.07, 6.45) is 7.83. The lowest BCUT2D eigenvalue weighted by atomic mass is 9.86. The first kappa shape index (κ1) is 18.3. The summed E-state index contributed by atoms with van der Waals surface area (Å²) in [4.78, 5) is 17.4. The molecule has 1 aromatic heterocycles. The fourth-order valence-electron chi connectivity index (χ4n) is 4.01.